The molecule has 0 radical (unpaired) electrons. The van der Waals surface area contributed by atoms with E-state index in [2.05, 4.69) is 0 Å². The van der Waals surface area contributed by atoms with Gasteiger partial charge in [-0.3, -0.25) is 0 Å². The maximum absolute atomic E-state index is 13.0. The van der Waals surface area contributed by atoms with Crippen LogP contribution in [0.1, 0.15) is 0 Å². The van der Waals surface area contributed by atoms with E-state index < -0.39 is 5.82 Å². The third-order valence-electron chi connectivity index (χ3n) is 2.12. The first-order valence-electron chi connectivity index (χ1n) is 4.57. The van der Waals surface area contributed by atoms with Gasteiger partial charge >= 0.3 is 0 Å². The van der Waals surface area contributed by atoms with Gasteiger partial charge in [-0.2, -0.15) is 0 Å². The summed E-state index contributed by atoms with van der Waals surface area (Å²) in [4.78, 5) is 0. The van der Waals surface area contributed by atoms with Gasteiger partial charge in [-0.25, -0.2) is 4.39 Å². The normalized spacial score (nSPS) is 10.3. The molecule has 0 atom stereocenters. The summed E-state index contributed by atoms with van der Waals surface area (Å²) in [7, 11) is 0. The van der Waals surface area contributed by atoms with Crippen molar-refractivity contribution < 1.29 is 19.7 Å². The zero-order valence-electron chi connectivity index (χ0n) is 8.18. The highest BCUT2D eigenvalue weighted by atomic mass is 19.1. The number of halogens is 1. The summed E-state index contributed by atoms with van der Waals surface area (Å²) < 4.78 is 13.0. The Kier molecular flexibility index (Phi) is 2.40. The first-order chi connectivity index (χ1) is 7.54. The SMILES string of the molecule is Oc1cc(O)cc(-c2cc(O)cc(F)c2)c1. The average Bonchev–Trinajstić information content (AvgIpc) is 2.14. The molecule has 16 heavy (non-hydrogen) atoms. The number of hydrogen-bond donors (Lipinski definition) is 3. The maximum atomic E-state index is 13.0. The minimum absolute atomic E-state index is 0.126. The van der Waals surface area contributed by atoms with Crippen LogP contribution in [0.3, 0.4) is 0 Å². The number of aromatic hydroxyl groups is 3. The fourth-order valence-corrected chi connectivity index (χ4v) is 1.50. The number of phenols is 3. The number of hydrogen-bond acceptors (Lipinski definition) is 3. The summed E-state index contributed by atoms with van der Waals surface area (Å²) in [6.45, 7) is 0. The third-order valence-corrected chi connectivity index (χ3v) is 2.12. The minimum Gasteiger partial charge on any atom is -0.508 e. The first kappa shape index (κ1) is 10.3. The van der Waals surface area contributed by atoms with Crippen LogP contribution in [0.5, 0.6) is 17.2 Å². The van der Waals surface area contributed by atoms with Crippen LogP contribution in [-0.2, 0) is 0 Å². The van der Waals surface area contributed by atoms with Crippen LogP contribution in [0.2, 0.25) is 0 Å². The van der Waals surface area contributed by atoms with Gasteiger partial charge in [0.25, 0.3) is 0 Å². The second kappa shape index (κ2) is 3.73. The van der Waals surface area contributed by atoms with Gasteiger partial charge in [-0.05, 0) is 35.4 Å². The molecular weight excluding hydrogens is 211 g/mol. The van der Waals surface area contributed by atoms with E-state index in [0.717, 1.165) is 6.07 Å². The van der Waals surface area contributed by atoms with E-state index in [1.807, 2.05) is 0 Å². The van der Waals surface area contributed by atoms with E-state index in [1.54, 1.807) is 0 Å². The van der Waals surface area contributed by atoms with Crippen molar-refractivity contribution in [2.24, 2.45) is 0 Å². The zero-order chi connectivity index (χ0) is 11.7. The molecule has 0 unspecified atom stereocenters. The van der Waals surface area contributed by atoms with Crippen molar-refractivity contribution in [2.45, 2.75) is 0 Å². The molecule has 0 aliphatic carbocycles. The molecule has 0 amide bonds. The quantitative estimate of drug-likeness (QED) is 0.692. The Hall–Kier alpha value is -2.23. The summed E-state index contributed by atoms with van der Waals surface area (Å²) in [6.07, 6.45) is 0. The molecule has 4 heteroatoms. The molecule has 0 heterocycles. The number of rotatable bonds is 1. The van der Waals surface area contributed by atoms with Crippen LogP contribution in [-0.4, -0.2) is 15.3 Å². The summed E-state index contributed by atoms with van der Waals surface area (Å²) in [5.74, 6) is -1.05. The van der Waals surface area contributed by atoms with Crippen LogP contribution < -0.4 is 0 Å². The monoisotopic (exact) mass is 220 g/mol. The van der Waals surface area contributed by atoms with Crippen molar-refractivity contribution >= 4 is 0 Å². The molecule has 2 aromatic rings. The van der Waals surface area contributed by atoms with Gasteiger partial charge in [-0.1, -0.05) is 0 Å². The van der Waals surface area contributed by atoms with Crippen LogP contribution >= 0.6 is 0 Å². The third kappa shape index (κ3) is 2.06. The van der Waals surface area contributed by atoms with Gasteiger partial charge < -0.3 is 15.3 Å². The van der Waals surface area contributed by atoms with Crippen LogP contribution in [0.25, 0.3) is 11.1 Å². The topological polar surface area (TPSA) is 60.7 Å². The lowest BCUT2D eigenvalue weighted by Gasteiger charge is -2.04. The van der Waals surface area contributed by atoms with Gasteiger partial charge in [0.1, 0.15) is 23.1 Å². The molecule has 2 rings (SSSR count). The lowest BCUT2D eigenvalue weighted by Crippen LogP contribution is -1.81. The molecule has 3 N–H and O–H groups in total. The molecule has 0 saturated heterocycles. The summed E-state index contributed by atoms with van der Waals surface area (Å²) in [5.41, 5.74) is 0.802. The number of phenolic OH excluding ortho intramolecular Hbond substituents is 3. The Morgan fingerprint density at radius 2 is 1.06 bits per heavy atom. The van der Waals surface area contributed by atoms with Crippen LogP contribution in [0, 0.1) is 5.82 Å². The Labute approximate surface area is 91.0 Å². The molecule has 0 spiro atoms. The van der Waals surface area contributed by atoms with Gasteiger partial charge in [0.05, 0.1) is 0 Å². The van der Waals surface area contributed by atoms with E-state index in [9.17, 15) is 19.7 Å². The summed E-state index contributed by atoms with van der Waals surface area (Å²) >= 11 is 0. The Balaban J connectivity index is 2.57. The van der Waals surface area contributed by atoms with Gasteiger partial charge in [-0.15, -0.1) is 0 Å². The van der Waals surface area contributed by atoms with E-state index >= 15 is 0 Å². The Morgan fingerprint density at radius 3 is 1.56 bits per heavy atom. The molecule has 0 bridgehead atoms. The fraction of sp³-hybridized carbons (Fsp3) is 0. The number of benzene rings is 2. The second-order valence-electron chi connectivity index (χ2n) is 3.44. The smallest absolute Gasteiger partial charge is 0.127 e. The maximum Gasteiger partial charge on any atom is 0.127 e. The van der Waals surface area contributed by atoms with Crippen molar-refractivity contribution in [3.05, 3.63) is 42.2 Å². The molecule has 2 aromatic carbocycles. The molecule has 0 aliphatic rings. The van der Waals surface area contributed by atoms with E-state index in [0.29, 0.717) is 11.1 Å². The van der Waals surface area contributed by atoms with Crippen molar-refractivity contribution in [1.29, 1.82) is 0 Å². The molecular formula is C12H9FO3. The largest absolute Gasteiger partial charge is 0.508 e. The molecule has 0 aliphatic heterocycles. The minimum atomic E-state index is -0.585. The molecule has 0 saturated carbocycles. The standard InChI is InChI=1S/C12H9FO3/c13-9-1-7(2-10(14)5-9)8-3-11(15)6-12(16)4-8/h1-6,14-16H. The average molecular weight is 220 g/mol. The highest BCUT2D eigenvalue weighted by Crippen LogP contribution is 2.30. The van der Waals surface area contributed by atoms with Crippen molar-refractivity contribution in [3.63, 3.8) is 0 Å². The summed E-state index contributed by atoms with van der Waals surface area (Å²) in [6, 6.07) is 7.43. The summed E-state index contributed by atoms with van der Waals surface area (Å²) in [5, 5.41) is 27.8. The lowest BCUT2D eigenvalue weighted by molar-refractivity contribution is 0.451. The Morgan fingerprint density at radius 1 is 0.625 bits per heavy atom. The fourth-order valence-electron chi connectivity index (χ4n) is 1.50. The predicted octanol–water partition coefficient (Wildman–Crippen LogP) is 2.61. The van der Waals surface area contributed by atoms with Crippen molar-refractivity contribution in [2.75, 3.05) is 0 Å². The highest BCUT2D eigenvalue weighted by molar-refractivity contribution is 5.68. The van der Waals surface area contributed by atoms with Crippen LogP contribution in [0.15, 0.2) is 36.4 Å². The van der Waals surface area contributed by atoms with Gasteiger partial charge in [0.2, 0.25) is 0 Å². The van der Waals surface area contributed by atoms with Gasteiger partial charge in [0.15, 0.2) is 0 Å². The van der Waals surface area contributed by atoms with E-state index in [-0.39, 0.29) is 17.2 Å². The first-order valence-corrected chi connectivity index (χ1v) is 4.57. The van der Waals surface area contributed by atoms with Crippen molar-refractivity contribution in [1.82, 2.24) is 0 Å². The van der Waals surface area contributed by atoms with Crippen LogP contribution in [0.4, 0.5) is 4.39 Å². The van der Waals surface area contributed by atoms with Gasteiger partial charge in [0, 0.05) is 12.1 Å². The van der Waals surface area contributed by atoms with E-state index in [1.165, 1.54) is 30.3 Å². The lowest BCUT2D eigenvalue weighted by atomic mass is 10.0. The molecule has 3 nitrogen and oxygen atoms in total. The molecule has 82 valence electrons. The highest BCUT2D eigenvalue weighted by Gasteiger charge is 2.05. The Bertz CT molecular complexity index is 448. The van der Waals surface area contributed by atoms with E-state index in [4.69, 9.17) is 0 Å². The zero-order valence-corrected chi connectivity index (χ0v) is 8.18. The molecule has 0 aromatic heterocycles. The predicted molar refractivity (Wildman–Crippen MR) is 56.8 cm³/mol. The second-order valence-corrected chi connectivity index (χ2v) is 3.44. The molecule has 0 fully saturated rings. The van der Waals surface area contributed by atoms with Crippen molar-refractivity contribution in [3.8, 4) is 28.4 Å².